The molecule has 4 nitrogen and oxygen atoms in total. The Morgan fingerprint density at radius 2 is 1.80 bits per heavy atom. The minimum atomic E-state index is -3.10. The van der Waals surface area contributed by atoms with Gasteiger partial charge in [-0.1, -0.05) is 12.1 Å². The molecule has 0 fully saturated rings. The van der Waals surface area contributed by atoms with Gasteiger partial charge < -0.3 is 5.73 Å². The number of hydrogen-bond donors (Lipinski definition) is 1. The number of nitrogens with two attached hydrogens (primary N) is 1. The summed E-state index contributed by atoms with van der Waals surface area (Å²) in [6, 6.07) is 7.19. The van der Waals surface area contributed by atoms with E-state index in [1.807, 2.05) is 12.1 Å². The number of anilines is 1. The molecule has 15 heavy (non-hydrogen) atoms. The first kappa shape index (κ1) is 12.0. The Kier molecular flexibility index (Phi) is 3.71. The van der Waals surface area contributed by atoms with E-state index in [2.05, 4.69) is 0 Å². The molecule has 0 aliphatic rings. The zero-order valence-electron chi connectivity index (χ0n) is 8.97. The van der Waals surface area contributed by atoms with Crippen LogP contribution in [0.4, 0.5) is 5.69 Å². The number of sulfonamides is 1. The van der Waals surface area contributed by atoms with Crippen LogP contribution in [0.2, 0.25) is 0 Å². The smallest absolute Gasteiger partial charge is 0.213 e. The SMILES string of the molecule is CCS(=O)(=O)N(C)Cc1ccc(N)cc1. The number of nitrogens with zero attached hydrogens (tertiary/aromatic N) is 1. The molecule has 1 rings (SSSR count). The topological polar surface area (TPSA) is 63.4 Å². The van der Waals surface area contributed by atoms with Crippen molar-refractivity contribution < 1.29 is 8.42 Å². The van der Waals surface area contributed by atoms with Crippen LogP contribution < -0.4 is 5.73 Å². The lowest BCUT2D eigenvalue weighted by Crippen LogP contribution is -2.27. The third-order valence-corrected chi connectivity index (χ3v) is 4.03. The Morgan fingerprint density at radius 1 is 1.27 bits per heavy atom. The lowest BCUT2D eigenvalue weighted by molar-refractivity contribution is 0.468. The Balaban J connectivity index is 2.75. The molecule has 0 heterocycles. The number of hydrogen-bond acceptors (Lipinski definition) is 3. The van der Waals surface area contributed by atoms with Crippen molar-refractivity contribution in [2.24, 2.45) is 0 Å². The van der Waals surface area contributed by atoms with Crippen LogP contribution in [0.15, 0.2) is 24.3 Å². The van der Waals surface area contributed by atoms with Gasteiger partial charge in [-0.05, 0) is 24.6 Å². The monoisotopic (exact) mass is 228 g/mol. The van der Waals surface area contributed by atoms with Crippen molar-refractivity contribution in [1.29, 1.82) is 0 Å². The molecule has 2 N–H and O–H groups in total. The molecule has 84 valence electrons. The molecule has 0 aromatic heterocycles. The van der Waals surface area contributed by atoms with Crippen LogP contribution in [0, 0.1) is 0 Å². The van der Waals surface area contributed by atoms with E-state index in [0.717, 1.165) is 5.56 Å². The van der Waals surface area contributed by atoms with Gasteiger partial charge in [0.1, 0.15) is 0 Å². The summed E-state index contributed by atoms with van der Waals surface area (Å²) in [7, 11) is -1.53. The van der Waals surface area contributed by atoms with Crippen LogP contribution in [-0.2, 0) is 16.6 Å². The average Bonchev–Trinajstić information content (AvgIpc) is 2.21. The lowest BCUT2D eigenvalue weighted by atomic mass is 10.2. The summed E-state index contributed by atoms with van der Waals surface area (Å²) in [5.74, 6) is 0.123. The van der Waals surface area contributed by atoms with Gasteiger partial charge in [-0.25, -0.2) is 12.7 Å². The molecule has 0 aliphatic heterocycles. The van der Waals surface area contributed by atoms with Crippen LogP contribution in [0.25, 0.3) is 0 Å². The maximum Gasteiger partial charge on any atom is 0.213 e. The van der Waals surface area contributed by atoms with Crippen molar-refractivity contribution in [3.63, 3.8) is 0 Å². The van der Waals surface area contributed by atoms with E-state index in [0.29, 0.717) is 12.2 Å². The summed E-state index contributed by atoms with van der Waals surface area (Å²) in [6.45, 7) is 2.02. The highest BCUT2D eigenvalue weighted by molar-refractivity contribution is 7.89. The molecular weight excluding hydrogens is 212 g/mol. The van der Waals surface area contributed by atoms with Crippen molar-refractivity contribution in [1.82, 2.24) is 4.31 Å². The fourth-order valence-electron chi connectivity index (χ4n) is 1.20. The molecular formula is C10H16N2O2S. The van der Waals surface area contributed by atoms with Gasteiger partial charge in [0.15, 0.2) is 0 Å². The summed E-state index contributed by atoms with van der Waals surface area (Å²) in [5.41, 5.74) is 7.15. The highest BCUT2D eigenvalue weighted by atomic mass is 32.2. The van der Waals surface area contributed by atoms with E-state index in [1.54, 1.807) is 26.1 Å². The highest BCUT2D eigenvalue weighted by Crippen LogP contribution is 2.10. The molecule has 1 aromatic rings. The molecule has 5 heteroatoms. The fraction of sp³-hybridized carbons (Fsp3) is 0.400. The number of rotatable bonds is 4. The second kappa shape index (κ2) is 4.63. The number of nitrogen functional groups attached to an aromatic ring is 1. The van der Waals surface area contributed by atoms with Gasteiger partial charge in [0, 0.05) is 19.3 Å². The summed E-state index contributed by atoms with van der Waals surface area (Å²) in [5, 5.41) is 0. The van der Waals surface area contributed by atoms with Gasteiger partial charge in [0.05, 0.1) is 5.75 Å². The van der Waals surface area contributed by atoms with E-state index in [-0.39, 0.29) is 5.75 Å². The standard InChI is InChI=1S/C10H16N2O2S/c1-3-15(13,14)12(2)8-9-4-6-10(11)7-5-9/h4-7H,3,8,11H2,1-2H3. The zero-order valence-corrected chi connectivity index (χ0v) is 9.79. The average molecular weight is 228 g/mol. The highest BCUT2D eigenvalue weighted by Gasteiger charge is 2.14. The van der Waals surface area contributed by atoms with E-state index >= 15 is 0 Å². The van der Waals surface area contributed by atoms with Crippen molar-refractivity contribution in [2.45, 2.75) is 13.5 Å². The Morgan fingerprint density at radius 3 is 2.27 bits per heavy atom. The number of benzene rings is 1. The predicted molar refractivity (Wildman–Crippen MR) is 61.8 cm³/mol. The molecule has 0 unspecified atom stereocenters. The minimum absolute atomic E-state index is 0.123. The van der Waals surface area contributed by atoms with E-state index < -0.39 is 10.0 Å². The second-order valence-corrected chi connectivity index (χ2v) is 5.76. The van der Waals surface area contributed by atoms with Crippen LogP contribution in [0.1, 0.15) is 12.5 Å². The van der Waals surface area contributed by atoms with E-state index in [1.165, 1.54) is 4.31 Å². The summed E-state index contributed by atoms with van der Waals surface area (Å²) in [6.07, 6.45) is 0. The van der Waals surface area contributed by atoms with Crippen LogP contribution in [-0.4, -0.2) is 25.5 Å². The predicted octanol–water partition coefficient (Wildman–Crippen LogP) is 1.05. The minimum Gasteiger partial charge on any atom is -0.399 e. The first-order valence-corrected chi connectivity index (χ1v) is 6.35. The molecule has 0 atom stereocenters. The molecule has 0 bridgehead atoms. The van der Waals surface area contributed by atoms with E-state index in [4.69, 9.17) is 5.73 Å². The van der Waals surface area contributed by atoms with Gasteiger partial charge in [0.25, 0.3) is 0 Å². The van der Waals surface area contributed by atoms with Crippen molar-refractivity contribution in [3.05, 3.63) is 29.8 Å². The largest absolute Gasteiger partial charge is 0.399 e. The molecule has 0 radical (unpaired) electrons. The van der Waals surface area contributed by atoms with Crippen LogP contribution in [0.5, 0.6) is 0 Å². The lowest BCUT2D eigenvalue weighted by Gasteiger charge is -2.15. The maximum absolute atomic E-state index is 11.5. The van der Waals surface area contributed by atoms with Crippen LogP contribution >= 0.6 is 0 Å². The molecule has 0 aliphatic carbocycles. The molecule has 0 saturated carbocycles. The Bertz CT molecular complexity index is 412. The van der Waals surface area contributed by atoms with Gasteiger partial charge >= 0.3 is 0 Å². The van der Waals surface area contributed by atoms with Gasteiger partial charge in [-0.15, -0.1) is 0 Å². The fourth-order valence-corrected chi connectivity index (χ4v) is 1.99. The molecule has 0 spiro atoms. The summed E-state index contributed by atoms with van der Waals surface area (Å²) >= 11 is 0. The molecule has 0 amide bonds. The normalized spacial score (nSPS) is 11.9. The van der Waals surface area contributed by atoms with Crippen molar-refractivity contribution in [2.75, 3.05) is 18.5 Å². The van der Waals surface area contributed by atoms with Gasteiger partial charge in [0.2, 0.25) is 10.0 Å². The third kappa shape index (κ3) is 3.21. The first-order chi connectivity index (χ1) is 6.95. The quantitative estimate of drug-likeness (QED) is 0.783. The van der Waals surface area contributed by atoms with Gasteiger partial charge in [-0.2, -0.15) is 0 Å². The third-order valence-electron chi connectivity index (χ3n) is 2.22. The van der Waals surface area contributed by atoms with Crippen molar-refractivity contribution in [3.8, 4) is 0 Å². The maximum atomic E-state index is 11.5. The van der Waals surface area contributed by atoms with E-state index in [9.17, 15) is 8.42 Å². The molecule has 1 aromatic carbocycles. The molecule has 0 saturated heterocycles. The van der Waals surface area contributed by atoms with Gasteiger partial charge in [-0.3, -0.25) is 0 Å². The first-order valence-electron chi connectivity index (χ1n) is 4.74. The summed E-state index contributed by atoms with van der Waals surface area (Å²) in [4.78, 5) is 0. The Labute approximate surface area is 90.8 Å². The second-order valence-electron chi connectivity index (χ2n) is 3.40. The van der Waals surface area contributed by atoms with Crippen LogP contribution in [0.3, 0.4) is 0 Å². The Hall–Kier alpha value is -1.07. The zero-order chi connectivity index (χ0) is 11.5. The van der Waals surface area contributed by atoms with Crippen molar-refractivity contribution >= 4 is 15.7 Å². The summed E-state index contributed by atoms with van der Waals surface area (Å²) < 4.78 is 24.3.